The summed E-state index contributed by atoms with van der Waals surface area (Å²) in [6.45, 7) is 10.6. The maximum absolute atomic E-state index is 13.8. The van der Waals surface area contributed by atoms with Gasteiger partial charge in [0.2, 0.25) is 11.8 Å². The van der Waals surface area contributed by atoms with E-state index < -0.39 is 60.4 Å². The number of carboxylic acids is 4. The highest BCUT2D eigenvalue weighted by Crippen LogP contribution is 2.29. The maximum atomic E-state index is 13.8. The van der Waals surface area contributed by atoms with E-state index in [1.165, 1.54) is 0 Å². The first-order valence-electron chi connectivity index (χ1n) is 26.9. The lowest BCUT2D eigenvalue weighted by Gasteiger charge is -2.35. The van der Waals surface area contributed by atoms with Gasteiger partial charge in [0.25, 0.3) is 5.91 Å². The monoisotopic (exact) mass is 1060 g/mol. The number of fused-ring (bicyclic) bond motifs is 4. The molecular weight excluding hydrogens is 979 g/mol. The lowest BCUT2D eigenvalue weighted by Crippen LogP contribution is -2.51. The summed E-state index contributed by atoms with van der Waals surface area (Å²) in [5, 5.41) is 52.6. The lowest BCUT2D eigenvalue weighted by atomic mass is 9.81. The van der Waals surface area contributed by atoms with Crippen molar-refractivity contribution in [3.8, 4) is 0 Å². The van der Waals surface area contributed by atoms with E-state index in [9.17, 15) is 53.7 Å². The summed E-state index contributed by atoms with van der Waals surface area (Å²) in [6, 6.07) is 16.7. The van der Waals surface area contributed by atoms with Gasteiger partial charge < -0.3 is 56.8 Å². The van der Waals surface area contributed by atoms with Gasteiger partial charge in [-0.1, -0.05) is 54.6 Å². The summed E-state index contributed by atoms with van der Waals surface area (Å²) in [5.41, 5.74) is 2.59. The Hall–Kier alpha value is -6.68. The second-order valence-corrected chi connectivity index (χ2v) is 20.5. The van der Waals surface area contributed by atoms with Crippen LogP contribution in [-0.2, 0) is 41.7 Å². The van der Waals surface area contributed by atoms with Crippen molar-refractivity contribution in [3.05, 3.63) is 83.4 Å². The molecule has 2 bridgehead atoms. The van der Waals surface area contributed by atoms with Crippen molar-refractivity contribution in [2.24, 2.45) is 11.8 Å². The van der Waals surface area contributed by atoms with Crippen LogP contribution in [0.25, 0.3) is 10.8 Å². The van der Waals surface area contributed by atoms with E-state index in [1.807, 2.05) is 66.7 Å². The molecule has 0 aromatic heterocycles. The number of amides is 5. The highest BCUT2D eigenvalue weighted by molar-refractivity contribution is 5.94. The molecule has 3 aliphatic rings. The predicted molar refractivity (Wildman–Crippen MR) is 284 cm³/mol. The minimum Gasteiger partial charge on any atom is -0.481 e. The van der Waals surface area contributed by atoms with Crippen LogP contribution in [0.3, 0.4) is 0 Å². The SMILES string of the molecule is O=C(O)CC[C@H](NC(=O)N[C@@H](CCCCNC(=O)C(Cc1ccc2ccccc2c1)NC(=O)C1CCC(CNC(=O)c2ccc(CN3CCCN4CCN(CCCN(CC(=O)O)CC4)CC3)cc2)CC1)C(=O)O)C(=O)O. The second-order valence-electron chi connectivity index (χ2n) is 20.5. The van der Waals surface area contributed by atoms with Crippen LogP contribution in [0.4, 0.5) is 4.79 Å². The quantitative estimate of drug-likeness (QED) is 0.0583. The summed E-state index contributed by atoms with van der Waals surface area (Å²) in [7, 11) is 0. The molecule has 414 valence electrons. The van der Waals surface area contributed by atoms with E-state index in [-0.39, 0.29) is 62.4 Å². The third-order valence-corrected chi connectivity index (χ3v) is 14.8. The van der Waals surface area contributed by atoms with Crippen molar-refractivity contribution < 1.29 is 58.8 Å². The highest BCUT2D eigenvalue weighted by atomic mass is 16.4. The zero-order chi connectivity index (χ0) is 54.4. The molecule has 1 saturated carbocycles. The summed E-state index contributed by atoms with van der Waals surface area (Å²) < 4.78 is 0. The van der Waals surface area contributed by atoms with E-state index in [2.05, 4.69) is 46.2 Å². The number of carbonyl (C=O) groups is 8. The first kappa shape index (κ1) is 58.6. The van der Waals surface area contributed by atoms with Gasteiger partial charge in [-0.3, -0.25) is 33.8 Å². The molecule has 6 rings (SSSR count). The van der Waals surface area contributed by atoms with E-state index in [0.717, 1.165) is 120 Å². The van der Waals surface area contributed by atoms with Crippen molar-refractivity contribution >= 4 is 58.4 Å². The zero-order valence-electron chi connectivity index (χ0n) is 43.5. The van der Waals surface area contributed by atoms with Gasteiger partial charge >= 0.3 is 29.9 Å². The summed E-state index contributed by atoms with van der Waals surface area (Å²) in [5.74, 6) is -5.74. The Morgan fingerprint density at radius 3 is 1.82 bits per heavy atom. The average Bonchev–Trinajstić information content (AvgIpc) is 3.40. The van der Waals surface area contributed by atoms with Gasteiger partial charge in [0, 0.05) is 89.8 Å². The van der Waals surface area contributed by atoms with Gasteiger partial charge in [-0.2, -0.15) is 0 Å². The number of nitrogens with zero attached hydrogens (tertiary/aromatic N) is 4. The van der Waals surface area contributed by atoms with E-state index in [0.29, 0.717) is 31.4 Å². The molecular formula is C55H77N9O12. The first-order valence-corrected chi connectivity index (χ1v) is 26.9. The molecule has 2 aliphatic heterocycles. The second kappa shape index (κ2) is 30.2. The van der Waals surface area contributed by atoms with Gasteiger partial charge in [0.15, 0.2) is 0 Å². The number of carboxylic acid groups (broad SMARTS) is 4. The molecule has 5 atom stereocenters. The highest BCUT2D eigenvalue weighted by Gasteiger charge is 2.31. The van der Waals surface area contributed by atoms with Crippen molar-refractivity contribution in [3.63, 3.8) is 0 Å². The Morgan fingerprint density at radius 1 is 0.566 bits per heavy atom. The smallest absolute Gasteiger partial charge is 0.326 e. The average molecular weight is 1060 g/mol. The number of unbranched alkanes of at least 4 members (excludes halogenated alkanes) is 1. The van der Waals surface area contributed by atoms with Crippen LogP contribution < -0.4 is 26.6 Å². The Labute approximate surface area is 444 Å². The van der Waals surface area contributed by atoms with Gasteiger partial charge in [-0.05, 0) is 124 Å². The molecule has 1 aliphatic carbocycles. The van der Waals surface area contributed by atoms with E-state index in [1.54, 1.807) is 0 Å². The van der Waals surface area contributed by atoms with Gasteiger partial charge in [0.1, 0.15) is 18.1 Å². The number of hydrogen-bond acceptors (Lipinski definition) is 12. The molecule has 0 spiro atoms. The third-order valence-electron chi connectivity index (χ3n) is 14.8. The Balaban J connectivity index is 0.942. The number of aliphatic carboxylic acids is 4. The Bertz CT molecular complexity index is 2430. The fourth-order valence-corrected chi connectivity index (χ4v) is 10.3. The fraction of sp³-hybridized carbons (Fsp3) is 0.564. The van der Waals surface area contributed by atoms with Crippen molar-refractivity contribution in [1.82, 2.24) is 46.2 Å². The normalized spacial score (nSPS) is 20.9. The van der Waals surface area contributed by atoms with Gasteiger partial charge in [-0.15, -0.1) is 0 Å². The number of benzene rings is 3. The zero-order valence-corrected chi connectivity index (χ0v) is 43.5. The van der Waals surface area contributed by atoms with Crippen LogP contribution in [-0.4, -0.2) is 191 Å². The van der Waals surface area contributed by atoms with E-state index >= 15 is 0 Å². The predicted octanol–water partition coefficient (Wildman–Crippen LogP) is 3.06. The minimum atomic E-state index is -1.53. The van der Waals surface area contributed by atoms with Gasteiger partial charge in [-0.25, -0.2) is 14.4 Å². The number of rotatable bonds is 24. The molecule has 3 aromatic rings. The molecule has 5 amide bonds. The van der Waals surface area contributed by atoms with Crippen LogP contribution in [0.5, 0.6) is 0 Å². The van der Waals surface area contributed by atoms with Crippen molar-refractivity contribution in [2.45, 2.75) is 102 Å². The fourth-order valence-electron chi connectivity index (χ4n) is 10.3. The third kappa shape index (κ3) is 19.8. The van der Waals surface area contributed by atoms with Crippen LogP contribution in [0, 0.1) is 11.8 Å². The minimum absolute atomic E-state index is 0.0387. The lowest BCUT2D eigenvalue weighted by molar-refractivity contribution is -0.141. The molecule has 3 fully saturated rings. The number of hydrogen-bond donors (Lipinski definition) is 9. The first-order chi connectivity index (χ1) is 36.6. The topological polar surface area (TPSA) is 291 Å². The summed E-state index contributed by atoms with van der Waals surface area (Å²) in [4.78, 5) is 109. The maximum Gasteiger partial charge on any atom is 0.326 e. The van der Waals surface area contributed by atoms with Gasteiger partial charge in [0.05, 0.1) is 6.54 Å². The molecule has 21 heteroatoms. The number of nitrogens with one attached hydrogen (secondary N) is 5. The van der Waals surface area contributed by atoms with Crippen LogP contribution in [0.2, 0.25) is 0 Å². The molecule has 9 N–H and O–H groups in total. The number of carbonyl (C=O) groups excluding carboxylic acids is 4. The van der Waals surface area contributed by atoms with Crippen LogP contribution in [0.15, 0.2) is 66.7 Å². The Kier molecular flexibility index (Phi) is 23.2. The van der Waals surface area contributed by atoms with E-state index in [4.69, 9.17) is 5.11 Å². The number of urea groups is 1. The molecule has 2 saturated heterocycles. The molecule has 3 unspecified atom stereocenters. The molecule has 76 heavy (non-hydrogen) atoms. The Morgan fingerprint density at radius 2 is 1.17 bits per heavy atom. The summed E-state index contributed by atoms with van der Waals surface area (Å²) >= 11 is 0. The largest absolute Gasteiger partial charge is 0.481 e. The summed E-state index contributed by atoms with van der Waals surface area (Å²) in [6.07, 6.45) is 4.49. The molecule has 2 heterocycles. The van der Waals surface area contributed by atoms with Crippen molar-refractivity contribution in [2.75, 3.05) is 85.1 Å². The molecule has 21 nitrogen and oxygen atoms in total. The van der Waals surface area contributed by atoms with Crippen molar-refractivity contribution in [1.29, 1.82) is 0 Å². The van der Waals surface area contributed by atoms with Crippen LogP contribution in [0.1, 0.15) is 92.1 Å². The molecule has 0 radical (unpaired) electrons. The standard InChI is InChI=1S/C55H77N9O12/c65-48(66)21-20-46(54(74)75)60-55(76)59-45(53(72)73)9-3-4-22-56-52(71)47(34-40-14-15-41-7-1-2-8-44(41)33-40)58-51(70)43-16-10-38(11-17-43)35-57-50(69)42-18-12-39(13-19-42)36-63-25-5-23-62-28-27-61(29-31-63)24-6-26-64(32-30-62)37-49(67)68/h1-2,7-8,12-15,18-19,33,38,43,45-47H,3-6,9-11,16-17,20-32,34-37H2,(H,56,71)(H,57,69)(H,58,70)(H,65,66)(H,67,68)(H,72,73)(H,74,75)(H2,59,60,76)/t38?,43?,45-,46-,47?/m0/s1. The van der Waals surface area contributed by atoms with Crippen LogP contribution >= 0.6 is 0 Å². The molecule has 3 aromatic carbocycles.